The van der Waals surface area contributed by atoms with E-state index in [0.717, 1.165) is 23.5 Å². The van der Waals surface area contributed by atoms with Crippen LogP contribution in [0.15, 0.2) is 36.4 Å². The van der Waals surface area contributed by atoms with Crippen molar-refractivity contribution in [1.29, 1.82) is 0 Å². The van der Waals surface area contributed by atoms with Gasteiger partial charge in [0.15, 0.2) is 0 Å². The van der Waals surface area contributed by atoms with Crippen molar-refractivity contribution >= 4 is 5.69 Å². The SMILES string of the molecule is CCN(Cc1cccc(C)n1)c1ccc(CCN)cc1F. The normalized spacial score (nSPS) is 10.7. The van der Waals surface area contributed by atoms with E-state index in [1.807, 2.05) is 49.1 Å². The summed E-state index contributed by atoms with van der Waals surface area (Å²) in [6.45, 7) is 5.84. The molecule has 0 saturated heterocycles. The van der Waals surface area contributed by atoms with E-state index in [4.69, 9.17) is 5.73 Å². The van der Waals surface area contributed by atoms with Crippen LogP contribution >= 0.6 is 0 Å². The zero-order valence-corrected chi connectivity index (χ0v) is 12.6. The topological polar surface area (TPSA) is 42.2 Å². The Hall–Kier alpha value is -1.94. The first-order chi connectivity index (χ1) is 10.1. The first kappa shape index (κ1) is 15.4. The summed E-state index contributed by atoms with van der Waals surface area (Å²) in [6, 6.07) is 11.3. The minimum absolute atomic E-state index is 0.199. The molecule has 1 heterocycles. The predicted molar refractivity (Wildman–Crippen MR) is 84.9 cm³/mol. The highest BCUT2D eigenvalue weighted by Gasteiger charge is 2.12. The van der Waals surface area contributed by atoms with Crippen molar-refractivity contribution < 1.29 is 4.39 Å². The minimum Gasteiger partial charge on any atom is -0.364 e. The predicted octanol–water partition coefficient (Wildman–Crippen LogP) is 3.06. The number of aryl methyl sites for hydroxylation is 1. The molecule has 0 spiro atoms. The Morgan fingerprint density at radius 3 is 2.67 bits per heavy atom. The molecule has 2 N–H and O–H groups in total. The van der Waals surface area contributed by atoms with Gasteiger partial charge >= 0.3 is 0 Å². The molecule has 3 nitrogen and oxygen atoms in total. The van der Waals surface area contributed by atoms with Gasteiger partial charge in [0.25, 0.3) is 0 Å². The molecule has 4 heteroatoms. The van der Waals surface area contributed by atoms with Gasteiger partial charge in [0.05, 0.1) is 17.9 Å². The van der Waals surface area contributed by atoms with Crippen molar-refractivity contribution in [2.24, 2.45) is 5.73 Å². The van der Waals surface area contributed by atoms with Crippen molar-refractivity contribution in [2.75, 3.05) is 18.0 Å². The van der Waals surface area contributed by atoms with Crippen LogP contribution in [0.2, 0.25) is 0 Å². The fraction of sp³-hybridized carbons (Fsp3) is 0.353. The molecule has 0 bridgehead atoms. The van der Waals surface area contributed by atoms with E-state index in [1.54, 1.807) is 6.07 Å². The summed E-state index contributed by atoms with van der Waals surface area (Å²) in [7, 11) is 0. The largest absolute Gasteiger partial charge is 0.364 e. The number of hydrogen-bond donors (Lipinski definition) is 1. The lowest BCUT2D eigenvalue weighted by molar-refractivity contribution is 0.614. The lowest BCUT2D eigenvalue weighted by Gasteiger charge is -2.23. The molecule has 21 heavy (non-hydrogen) atoms. The quantitative estimate of drug-likeness (QED) is 0.888. The Kier molecular flexibility index (Phi) is 5.28. The summed E-state index contributed by atoms with van der Waals surface area (Å²) in [5, 5.41) is 0. The van der Waals surface area contributed by atoms with Gasteiger partial charge in [0.1, 0.15) is 5.82 Å². The maximum absolute atomic E-state index is 14.3. The highest BCUT2D eigenvalue weighted by atomic mass is 19.1. The molecular weight excluding hydrogens is 265 g/mol. The summed E-state index contributed by atoms with van der Waals surface area (Å²) in [5.41, 5.74) is 8.98. The third kappa shape index (κ3) is 4.02. The number of hydrogen-bond acceptors (Lipinski definition) is 3. The standard InChI is InChI=1S/C17H22FN3/c1-3-21(12-15-6-4-5-13(2)20-15)17-8-7-14(9-10-19)11-16(17)18/h4-8,11H,3,9-10,12,19H2,1-2H3. The average Bonchev–Trinajstić information content (AvgIpc) is 2.46. The second-order valence-corrected chi connectivity index (χ2v) is 5.11. The summed E-state index contributed by atoms with van der Waals surface area (Å²) < 4.78 is 14.3. The summed E-state index contributed by atoms with van der Waals surface area (Å²) in [6.07, 6.45) is 0.697. The van der Waals surface area contributed by atoms with E-state index in [-0.39, 0.29) is 5.82 Å². The van der Waals surface area contributed by atoms with Crippen LogP contribution in [-0.4, -0.2) is 18.1 Å². The van der Waals surface area contributed by atoms with Crippen LogP contribution in [0.25, 0.3) is 0 Å². The van der Waals surface area contributed by atoms with Gasteiger partial charge in [-0.2, -0.15) is 0 Å². The highest BCUT2D eigenvalue weighted by Crippen LogP contribution is 2.22. The van der Waals surface area contributed by atoms with Crippen LogP contribution in [0.4, 0.5) is 10.1 Å². The second kappa shape index (κ2) is 7.18. The number of nitrogens with zero attached hydrogens (tertiary/aromatic N) is 2. The van der Waals surface area contributed by atoms with Gasteiger partial charge in [-0.1, -0.05) is 12.1 Å². The molecule has 2 aromatic rings. The number of halogens is 1. The Balaban J connectivity index is 2.21. The average molecular weight is 287 g/mol. The fourth-order valence-corrected chi connectivity index (χ4v) is 2.38. The number of rotatable bonds is 6. The lowest BCUT2D eigenvalue weighted by atomic mass is 10.1. The van der Waals surface area contributed by atoms with Crippen molar-refractivity contribution in [3.63, 3.8) is 0 Å². The van der Waals surface area contributed by atoms with Crippen molar-refractivity contribution in [3.8, 4) is 0 Å². The maximum atomic E-state index is 14.3. The number of benzene rings is 1. The lowest BCUT2D eigenvalue weighted by Crippen LogP contribution is -2.24. The number of aromatic nitrogens is 1. The maximum Gasteiger partial charge on any atom is 0.146 e. The third-order valence-corrected chi connectivity index (χ3v) is 3.47. The third-order valence-electron chi connectivity index (χ3n) is 3.47. The number of anilines is 1. The summed E-state index contributed by atoms with van der Waals surface area (Å²) >= 11 is 0. The molecule has 0 amide bonds. The number of pyridine rings is 1. The van der Waals surface area contributed by atoms with Gasteiger partial charge in [0.2, 0.25) is 0 Å². The van der Waals surface area contributed by atoms with Gasteiger partial charge in [-0.05, 0) is 56.6 Å². The molecule has 112 valence electrons. The van der Waals surface area contributed by atoms with E-state index >= 15 is 0 Å². The molecular formula is C17H22FN3. The molecule has 1 aromatic heterocycles. The monoisotopic (exact) mass is 287 g/mol. The first-order valence-corrected chi connectivity index (χ1v) is 7.30. The highest BCUT2D eigenvalue weighted by molar-refractivity contribution is 5.49. The van der Waals surface area contributed by atoms with Crippen molar-refractivity contribution in [2.45, 2.75) is 26.8 Å². The fourth-order valence-electron chi connectivity index (χ4n) is 2.38. The van der Waals surface area contributed by atoms with Gasteiger partial charge in [-0.25, -0.2) is 4.39 Å². The van der Waals surface area contributed by atoms with Gasteiger partial charge < -0.3 is 10.6 Å². The van der Waals surface area contributed by atoms with Crippen LogP contribution in [0.5, 0.6) is 0 Å². The molecule has 0 aliphatic heterocycles. The Morgan fingerprint density at radius 2 is 2.05 bits per heavy atom. The Morgan fingerprint density at radius 1 is 1.24 bits per heavy atom. The van der Waals surface area contributed by atoms with E-state index in [9.17, 15) is 4.39 Å². The van der Waals surface area contributed by atoms with Crippen LogP contribution in [-0.2, 0) is 13.0 Å². The first-order valence-electron chi connectivity index (χ1n) is 7.30. The van der Waals surface area contributed by atoms with E-state index in [2.05, 4.69) is 4.98 Å². The van der Waals surface area contributed by atoms with Crippen LogP contribution in [0.3, 0.4) is 0 Å². The molecule has 2 rings (SSSR count). The van der Waals surface area contributed by atoms with Crippen LogP contribution in [0, 0.1) is 12.7 Å². The molecule has 0 saturated carbocycles. The van der Waals surface area contributed by atoms with Crippen LogP contribution in [0.1, 0.15) is 23.9 Å². The van der Waals surface area contributed by atoms with Gasteiger partial charge in [0, 0.05) is 12.2 Å². The molecule has 0 atom stereocenters. The Bertz CT molecular complexity index is 598. The van der Waals surface area contributed by atoms with E-state index in [0.29, 0.717) is 25.2 Å². The molecule has 0 aliphatic carbocycles. The second-order valence-electron chi connectivity index (χ2n) is 5.11. The summed E-state index contributed by atoms with van der Waals surface area (Å²) in [5.74, 6) is -0.199. The zero-order chi connectivity index (χ0) is 15.2. The molecule has 0 fully saturated rings. The van der Waals surface area contributed by atoms with E-state index < -0.39 is 0 Å². The molecule has 0 aliphatic rings. The summed E-state index contributed by atoms with van der Waals surface area (Å²) in [4.78, 5) is 6.47. The molecule has 0 radical (unpaired) electrons. The molecule has 0 unspecified atom stereocenters. The minimum atomic E-state index is -0.199. The van der Waals surface area contributed by atoms with Crippen LogP contribution < -0.4 is 10.6 Å². The van der Waals surface area contributed by atoms with Crippen molar-refractivity contribution in [1.82, 2.24) is 4.98 Å². The van der Waals surface area contributed by atoms with Gasteiger partial charge in [-0.3, -0.25) is 4.98 Å². The number of nitrogens with two attached hydrogens (primary N) is 1. The van der Waals surface area contributed by atoms with Crippen molar-refractivity contribution in [3.05, 3.63) is 59.2 Å². The van der Waals surface area contributed by atoms with E-state index in [1.165, 1.54) is 0 Å². The molecule has 1 aromatic carbocycles. The zero-order valence-electron chi connectivity index (χ0n) is 12.6. The Labute approximate surface area is 125 Å². The smallest absolute Gasteiger partial charge is 0.146 e. The van der Waals surface area contributed by atoms with Gasteiger partial charge in [-0.15, -0.1) is 0 Å².